The van der Waals surface area contributed by atoms with E-state index < -0.39 is 12.2 Å². The molecule has 0 spiro atoms. The molecule has 18 heavy (non-hydrogen) atoms. The van der Waals surface area contributed by atoms with Crippen molar-refractivity contribution in [1.29, 1.82) is 0 Å². The molecule has 0 saturated carbocycles. The van der Waals surface area contributed by atoms with Gasteiger partial charge in [-0.25, -0.2) is 4.79 Å². The maximum atomic E-state index is 11.4. The van der Waals surface area contributed by atoms with Crippen LogP contribution in [-0.4, -0.2) is 23.3 Å². The quantitative estimate of drug-likeness (QED) is 0.410. The summed E-state index contributed by atoms with van der Waals surface area (Å²) in [6.45, 7) is 3.94. The van der Waals surface area contributed by atoms with Gasteiger partial charge in [-0.15, -0.1) is 0 Å². The van der Waals surface area contributed by atoms with E-state index in [0.717, 1.165) is 12.8 Å². The second-order valence-corrected chi connectivity index (χ2v) is 5.12. The van der Waals surface area contributed by atoms with E-state index in [9.17, 15) is 9.90 Å². The molecule has 1 N–H and O–H groups in total. The van der Waals surface area contributed by atoms with Crippen molar-refractivity contribution in [3.63, 3.8) is 0 Å². The van der Waals surface area contributed by atoms with Crippen LogP contribution in [0.5, 0.6) is 0 Å². The number of hydrogen-bond donors (Lipinski definition) is 1. The number of ether oxygens (including phenoxy) is 1. The number of esters is 1. The van der Waals surface area contributed by atoms with Crippen molar-refractivity contribution in [3.05, 3.63) is 11.6 Å². The fourth-order valence-corrected chi connectivity index (χ4v) is 2.24. The largest absolute Gasteiger partial charge is 0.456 e. The predicted octanol–water partition coefficient (Wildman–Crippen LogP) is 3.36. The number of carbonyl (C=O) groups excluding carboxylic acids is 1. The van der Waals surface area contributed by atoms with Crippen LogP contribution in [0.15, 0.2) is 11.6 Å². The first-order valence-electron chi connectivity index (χ1n) is 7.26. The van der Waals surface area contributed by atoms with Crippen LogP contribution >= 0.6 is 0 Å². The molecule has 0 aromatic heterocycles. The molecule has 0 unspecified atom stereocenters. The van der Waals surface area contributed by atoms with Gasteiger partial charge < -0.3 is 9.84 Å². The van der Waals surface area contributed by atoms with Gasteiger partial charge in [0.1, 0.15) is 12.2 Å². The first kappa shape index (κ1) is 15.2. The minimum absolute atomic E-state index is 0.349. The second kappa shape index (κ2) is 8.30. The molecule has 3 heteroatoms. The summed E-state index contributed by atoms with van der Waals surface area (Å²) in [4.78, 5) is 11.4. The fourth-order valence-electron chi connectivity index (χ4n) is 2.24. The van der Waals surface area contributed by atoms with Gasteiger partial charge in [0.2, 0.25) is 0 Å². The SMILES string of the molecule is CCCCCCCCC/C=C1\C(=O)O[C@@H](C)[C@H]1O. The summed E-state index contributed by atoms with van der Waals surface area (Å²) in [7, 11) is 0. The van der Waals surface area contributed by atoms with Crippen molar-refractivity contribution < 1.29 is 14.6 Å². The average molecular weight is 254 g/mol. The maximum Gasteiger partial charge on any atom is 0.336 e. The van der Waals surface area contributed by atoms with Gasteiger partial charge in [-0.3, -0.25) is 0 Å². The molecule has 3 nitrogen and oxygen atoms in total. The Morgan fingerprint density at radius 1 is 1.17 bits per heavy atom. The van der Waals surface area contributed by atoms with Gasteiger partial charge in [-0.2, -0.15) is 0 Å². The van der Waals surface area contributed by atoms with Gasteiger partial charge in [-0.05, 0) is 19.8 Å². The topological polar surface area (TPSA) is 46.5 Å². The van der Waals surface area contributed by atoms with Crippen molar-refractivity contribution in [3.8, 4) is 0 Å². The van der Waals surface area contributed by atoms with E-state index in [0.29, 0.717) is 5.57 Å². The molecule has 1 aliphatic heterocycles. The molecule has 104 valence electrons. The van der Waals surface area contributed by atoms with Crippen molar-refractivity contribution in [2.45, 2.75) is 77.4 Å². The van der Waals surface area contributed by atoms with Gasteiger partial charge >= 0.3 is 5.97 Å². The molecule has 1 heterocycles. The van der Waals surface area contributed by atoms with Crippen LogP contribution < -0.4 is 0 Å². The Morgan fingerprint density at radius 3 is 2.33 bits per heavy atom. The highest BCUT2D eigenvalue weighted by molar-refractivity contribution is 5.92. The van der Waals surface area contributed by atoms with Crippen LogP contribution in [0.1, 0.15) is 65.2 Å². The van der Waals surface area contributed by atoms with E-state index in [1.807, 2.05) is 6.08 Å². The average Bonchev–Trinajstić information content (AvgIpc) is 2.58. The molecule has 0 aromatic carbocycles. The van der Waals surface area contributed by atoms with Crippen LogP contribution in [0.2, 0.25) is 0 Å². The number of carbonyl (C=O) groups is 1. The number of hydrogen-bond acceptors (Lipinski definition) is 3. The molecule has 2 atom stereocenters. The molecule has 0 aliphatic carbocycles. The van der Waals surface area contributed by atoms with Gasteiger partial charge in [0.05, 0.1) is 5.57 Å². The second-order valence-electron chi connectivity index (χ2n) is 5.12. The van der Waals surface area contributed by atoms with Gasteiger partial charge in [0.25, 0.3) is 0 Å². The summed E-state index contributed by atoms with van der Waals surface area (Å²) in [5.74, 6) is -0.349. The van der Waals surface area contributed by atoms with Crippen molar-refractivity contribution in [2.24, 2.45) is 0 Å². The highest BCUT2D eigenvalue weighted by atomic mass is 16.6. The van der Waals surface area contributed by atoms with E-state index in [4.69, 9.17) is 4.74 Å². The number of unbranched alkanes of at least 4 members (excludes halogenated alkanes) is 7. The van der Waals surface area contributed by atoms with Crippen molar-refractivity contribution >= 4 is 5.97 Å². The lowest BCUT2D eigenvalue weighted by atomic mass is 10.0. The van der Waals surface area contributed by atoms with E-state index >= 15 is 0 Å². The van der Waals surface area contributed by atoms with Crippen LogP contribution in [0.4, 0.5) is 0 Å². The lowest BCUT2D eigenvalue weighted by Gasteiger charge is -2.04. The lowest BCUT2D eigenvalue weighted by Crippen LogP contribution is -2.17. The Bertz CT molecular complexity index is 283. The minimum atomic E-state index is -0.734. The third-order valence-corrected chi connectivity index (χ3v) is 3.46. The van der Waals surface area contributed by atoms with Crippen LogP contribution in [0, 0.1) is 0 Å². The van der Waals surface area contributed by atoms with Gasteiger partial charge in [0, 0.05) is 0 Å². The van der Waals surface area contributed by atoms with Gasteiger partial charge in [0.15, 0.2) is 0 Å². The van der Waals surface area contributed by atoms with Crippen molar-refractivity contribution in [2.75, 3.05) is 0 Å². The summed E-state index contributed by atoms with van der Waals surface area (Å²) in [5.41, 5.74) is 0.452. The first-order valence-corrected chi connectivity index (χ1v) is 7.26. The van der Waals surface area contributed by atoms with Crippen LogP contribution in [0.25, 0.3) is 0 Å². The highest BCUT2D eigenvalue weighted by Gasteiger charge is 2.34. The number of aliphatic hydroxyl groups excluding tert-OH is 1. The molecule has 0 amide bonds. The first-order chi connectivity index (χ1) is 8.66. The molecule has 0 aromatic rings. The Hall–Kier alpha value is -0.830. The maximum absolute atomic E-state index is 11.4. The Kier molecular flexibility index (Phi) is 7.02. The number of cyclic esters (lactones) is 1. The molecular weight excluding hydrogens is 228 g/mol. The highest BCUT2D eigenvalue weighted by Crippen LogP contribution is 2.21. The Labute approximate surface area is 110 Å². The van der Waals surface area contributed by atoms with E-state index in [1.165, 1.54) is 38.5 Å². The third kappa shape index (κ3) is 4.81. The Morgan fingerprint density at radius 2 is 1.78 bits per heavy atom. The zero-order chi connectivity index (χ0) is 13.4. The molecule has 1 aliphatic rings. The third-order valence-electron chi connectivity index (χ3n) is 3.46. The standard InChI is InChI=1S/C15H26O3/c1-3-4-5-6-7-8-9-10-11-13-14(16)12(2)18-15(13)17/h11-12,14,16H,3-10H2,1-2H3/b13-11-/t12-,14+/m0/s1. The summed E-state index contributed by atoms with van der Waals surface area (Å²) < 4.78 is 4.95. The molecule has 1 rings (SSSR count). The number of rotatable bonds is 8. The summed E-state index contributed by atoms with van der Waals surface area (Å²) in [5, 5.41) is 9.71. The van der Waals surface area contributed by atoms with Crippen molar-refractivity contribution in [1.82, 2.24) is 0 Å². The fraction of sp³-hybridized carbons (Fsp3) is 0.800. The van der Waals surface area contributed by atoms with E-state index in [2.05, 4.69) is 6.92 Å². The summed E-state index contributed by atoms with van der Waals surface area (Å²) in [6, 6.07) is 0. The molecule has 1 saturated heterocycles. The smallest absolute Gasteiger partial charge is 0.336 e. The molecule has 1 fully saturated rings. The molecule has 0 radical (unpaired) electrons. The van der Waals surface area contributed by atoms with Crippen LogP contribution in [-0.2, 0) is 9.53 Å². The molecular formula is C15H26O3. The normalized spacial score (nSPS) is 25.7. The summed E-state index contributed by atoms with van der Waals surface area (Å²) in [6.07, 6.45) is 10.4. The van der Waals surface area contributed by atoms with Gasteiger partial charge in [-0.1, -0.05) is 51.5 Å². The molecule has 0 bridgehead atoms. The monoisotopic (exact) mass is 254 g/mol. The minimum Gasteiger partial charge on any atom is -0.456 e. The summed E-state index contributed by atoms with van der Waals surface area (Å²) >= 11 is 0. The number of allylic oxidation sites excluding steroid dienone is 1. The Balaban J connectivity index is 2.11. The zero-order valence-corrected chi connectivity index (χ0v) is 11.7. The number of aliphatic hydroxyl groups is 1. The van der Waals surface area contributed by atoms with Crippen LogP contribution in [0.3, 0.4) is 0 Å². The lowest BCUT2D eigenvalue weighted by molar-refractivity contribution is -0.138. The van der Waals surface area contributed by atoms with E-state index in [1.54, 1.807) is 6.92 Å². The zero-order valence-electron chi connectivity index (χ0n) is 11.7. The van der Waals surface area contributed by atoms with E-state index in [-0.39, 0.29) is 5.97 Å². The predicted molar refractivity (Wildman–Crippen MR) is 72.3 cm³/mol.